The molecule has 0 unspecified atom stereocenters. The quantitative estimate of drug-likeness (QED) is 0.790. The molecule has 130 valence electrons. The highest BCUT2D eigenvalue weighted by atomic mass is 32.1. The van der Waals surface area contributed by atoms with Crippen molar-refractivity contribution in [2.75, 3.05) is 6.61 Å². The molecule has 2 aromatic rings. The number of carbonyl (C=O) groups is 1. The van der Waals surface area contributed by atoms with E-state index < -0.39 is 12.8 Å². The van der Waals surface area contributed by atoms with Crippen LogP contribution in [0.3, 0.4) is 0 Å². The third-order valence-corrected chi connectivity index (χ3v) is 3.89. The van der Waals surface area contributed by atoms with E-state index in [0.29, 0.717) is 18.7 Å². The molecule has 0 radical (unpaired) electrons. The Balaban J connectivity index is 1.68. The number of thiophene rings is 1. The van der Waals surface area contributed by atoms with E-state index in [4.69, 9.17) is 0 Å². The highest BCUT2D eigenvalue weighted by Gasteiger charge is 2.27. The average molecular weight is 358 g/mol. The van der Waals surface area contributed by atoms with Gasteiger partial charge in [0.2, 0.25) is 0 Å². The largest absolute Gasteiger partial charge is 0.411 e. The van der Waals surface area contributed by atoms with Crippen molar-refractivity contribution in [1.82, 2.24) is 10.6 Å². The van der Waals surface area contributed by atoms with Gasteiger partial charge in [-0.05, 0) is 22.6 Å². The van der Waals surface area contributed by atoms with Crippen LogP contribution in [0.25, 0.3) is 0 Å². The molecule has 0 saturated heterocycles. The first-order valence-electron chi connectivity index (χ1n) is 7.19. The van der Waals surface area contributed by atoms with Gasteiger partial charge in [-0.25, -0.2) is 4.79 Å². The summed E-state index contributed by atoms with van der Waals surface area (Å²) >= 11 is 1.56. The summed E-state index contributed by atoms with van der Waals surface area (Å²) in [6.07, 6.45) is -4.32. The predicted octanol–water partition coefficient (Wildman–Crippen LogP) is 3.83. The van der Waals surface area contributed by atoms with E-state index in [1.54, 1.807) is 35.6 Å². The van der Waals surface area contributed by atoms with E-state index in [2.05, 4.69) is 15.4 Å². The number of rotatable bonds is 7. The summed E-state index contributed by atoms with van der Waals surface area (Å²) in [4.78, 5) is 12.7. The van der Waals surface area contributed by atoms with Crippen LogP contribution in [0.4, 0.5) is 18.0 Å². The molecule has 1 aromatic carbocycles. The van der Waals surface area contributed by atoms with Crippen molar-refractivity contribution < 1.29 is 22.7 Å². The number of benzene rings is 1. The van der Waals surface area contributed by atoms with Crippen LogP contribution >= 0.6 is 11.3 Å². The molecule has 0 spiro atoms. The van der Waals surface area contributed by atoms with E-state index in [1.165, 1.54) is 0 Å². The number of urea groups is 1. The lowest BCUT2D eigenvalue weighted by atomic mass is 10.1. The topological polar surface area (TPSA) is 50.4 Å². The number of halogens is 3. The van der Waals surface area contributed by atoms with Gasteiger partial charge in [-0.2, -0.15) is 13.2 Å². The second kappa shape index (κ2) is 8.70. The van der Waals surface area contributed by atoms with Gasteiger partial charge in [-0.1, -0.05) is 30.3 Å². The van der Waals surface area contributed by atoms with Gasteiger partial charge < -0.3 is 15.4 Å². The molecule has 0 aliphatic rings. The fraction of sp³-hybridized carbons (Fsp3) is 0.312. The van der Waals surface area contributed by atoms with Gasteiger partial charge in [-0.15, -0.1) is 11.3 Å². The minimum atomic E-state index is -4.32. The molecule has 0 saturated carbocycles. The van der Waals surface area contributed by atoms with Crippen molar-refractivity contribution in [3.8, 4) is 0 Å². The molecule has 0 bridgehead atoms. The van der Waals surface area contributed by atoms with Gasteiger partial charge in [-0.3, -0.25) is 0 Å². The summed E-state index contributed by atoms with van der Waals surface area (Å²) in [7, 11) is 0. The summed E-state index contributed by atoms with van der Waals surface area (Å²) in [5.74, 6) is 0. The summed E-state index contributed by atoms with van der Waals surface area (Å²) in [6.45, 7) is -0.561. The van der Waals surface area contributed by atoms with Gasteiger partial charge in [0.25, 0.3) is 0 Å². The number of ether oxygens (including phenoxy) is 1. The Kier molecular flexibility index (Phi) is 6.62. The monoisotopic (exact) mass is 358 g/mol. The Bertz CT molecular complexity index is 628. The van der Waals surface area contributed by atoms with Crippen LogP contribution in [-0.2, 0) is 24.4 Å². The molecular formula is C16H17F3N2O2S. The highest BCUT2D eigenvalue weighted by Crippen LogP contribution is 2.15. The normalized spacial score (nSPS) is 11.3. The lowest BCUT2D eigenvalue weighted by molar-refractivity contribution is -0.176. The Morgan fingerprint density at radius 2 is 1.71 bits per heavy atom. The highest BCUT2D eigenvalue weighted by molar-refractivity contribution is 7.09. The summed E-state index contributed by atoms with van der Waals surface area (Å²) in [5, 5.41) is 7.40. The van der Waals surface area contributed by atoms with Crippen LogP contribution in [0.15, 0.2) is 41.8 Å². The summed E-state index contributed by atoms with van der Waals surface area (Å²) in [5.41, 5.74) is 1.49. The fourth-order valence-electron chi connectivity index (χ4n) is 1.86. The van der Waals surface area contributed by atoms with Crippen molar-refractivity contribution in [2.24, 2.45) is 0 Å². The second-order valence-corrected chi connectivity index (χ2v) is 6.07. The van der Waals surface area contributed by atoms with E-state index in [1.807, 2.05) is 17.5 Å². The number of hydrogen-bond acceptors (Lipinski definition) is 3. The van der Waals surface area contributed by atoms with E-state index in [9.17, 15) is 18.0 Å². The van der Waals surface area contributed by atoms with Crippen molar-refractivity contribution in [3.05, 3.63) is 57.8 Å². The average Bonchev–Trinajstić information content (AvgIpc) is 3.04. The number of nitrogens with one attached hydrogen (secondary N) is 2. The van der Waals surface area contributed by atoms with Gasteiger partial charge in [0.15, 0.2) is 0 Å². The van der Waals surface area contributed by atoms with E-state index in [-0.39, 0.29) is 12.6 Å². The molecule has 4 nitrogen and oxygen atoms in total. The molecule has 1 aromatic heterocycles. The zero-order valence-corrected chi connectivity index (χ0v) is 13.5. The number of hydrogen-bond donors (Lipinski definition) is 2. The molecule has 2 rings (SSSR count). The van der Waals surface area contributed by atoms with Crippen LogP contribution < -0.4 is 10.6 Å². The number of alkyl halides is 3. The van der Waals surface area contributed by atoms with Crippen LogP contribution in [0.1, 0.15) is 16.0 Å². The SMILES string of the molecule is O=C(NCc1ccc(COCC(F)(F)F)cc1)NCc1cccs1. The molecule has 1 heterocycles. The fourth-order valence-corrected chi connectivity index (χ4v) is 2.51. The lowest BCUT2D eigenvalue weighted by Gasteiger charge is -2.09. The molecule has 0 atom stereocenters. The Morgan fingerprint density at radius 1 is 1.04 bits per heavy atom. The first-order valence-corrected chi connectivity index (χ1v) is 8.07. The molecule has 8 heteroatoms. The van der Waals surface area contributed by atoms with E-state index >= 15 is 0 Å². The Hall–Kier alpha value is -2.06. The number of carbonyl (C=O) groups excluding carboxylic acids is 1. The molecule has 24 heavy (non-hydrogen) atoms. The standard InChI is InChI=1S/C16H17F3N2O2S/c17-16(18,19)11-23-10-13-5-3-12(4-6-13)8-20-15(22)21-9-14-2-1-7-24-14/h1-7H,8-11H2,(H2,20,21,22). The van der Waals surface area contributed by atoms with Gasteiger partial charge in [0.1, 0.15) is 6.61 Å². The van der Waals surface area contributed by atoms with Crippen LogP contribution in [-0.4, -0.2) is 18.8 Å². The van der Waals surface area contributed by atoms with Crippen LogP contribution in [0, 0.1) is 0 Å². The van der Waals surface area contributed by atoms with Crippen LogP contribution in [0.5, 0.6) is 0 Å². The second-order valence-electron chi connectivity index (χ2n) is 5.04. The molecule has 2 N–H and O–H groups in total. The van der Waals surface area contributed by atoms with Gasteiger partial charge in [0, 0.05) is 11.4 Å². The minimum Gasteiger partial charge on any atom is -0.367 e. The van der Waals surface area contributed by atoms with Gasteiger partial charge in [0.05, 0.1) is 13.2 Å². The van der Waals surface area contributed by atoms with Crippen LogP contribution in [0.2, 0.25) is 0 Å². The molecule has 2 amide bonds. The van der Waals surface area contributed by atoms with Crippen molar-refractivity contribution in [1.29, 1.82) is 0 Å². The maximum Gasteiger partial charge on any atom is 0.411 e. The lowest BCUT2D eigenvalue weighted by Crippen LogP contribution is -2.34. The first kappa shape index (κ1) is 18.3. The minimum absolute atomic E-state index is 0.103. The molecular weight excluding hydrogens is 341 g/mol. The van der Waals surface area contributed by atoms with Crippen molar-refractivity contribution in [2.45, 2.75) is 25.9 Å². The molecule has 0 aliphatic carbocycles. The van der Waals surface area contributed by atoms with E-state index in [0.717, 1.165) is 10.4 Å². The molecule has 0 aliphatic heterocycles. The zero-order chi connectivity index (χ0) is 17.4. The summed E-state index contributed by atoms with van der Waals surface area (Å²) in [6, 6.07) is 10.4. The maximum atomic E-state index is 12.0. The first-order chi connectivity index (χ1) is 11.4. The number of amides is 2. The van der Waals surface area contributed by atoms with Crippen molar-refractivity contribution >= 4 is 17.4 Å². The smallest absolute Gasteiger partial charge is 0.367 e. The zero-order valence-electron chi connectivity index (χ0n) is 12.7. The predicted molar refractivity (Wildman–Crippen MR) is 85.5 cm³/mol. The third kappa shape index (κ3) is 7.01. The van der Waals surface area contributed by atoms with Gasteiger partial charge >= 0.3 is 12.2 Å². The maximum absolute atomic E-state index is 12.0. The summed E-state index contributed by atoms with van der Waals surface area (Å²) < 4.78 is 40.5. The Labute approximate surface area is 141 Å². The Morgan fingerprint density at radius 3 is 2.33 bits per heavy atom. The molecule has 0 fully saturated rings. The third-order valence-electron chi connectivity index (χ3n) is 3.01. The van der Waals surface area contributed by atoms with Crippen molar-refractivity contribution in [3.63, 3.8) is 0 Å².